The van der Waals surface area contributed by atoms with Crippen molar-refractivity contribution in [2.24, 2.45) is 0 Å². The van der Waals surface area contributed by atoms with Gasteiger partial charge in [0.2, 0.25) is 0 Å². The van der Waals surface area contributed by atoms with Gasteiger partial charge in [0.05, 0.1) is 25.6 Å². The van der Waals surface area contributed by atoms with Gasteiger partial charge in [-0.25, -0.2) is 9.48 Å². The summed E-state index contributed by atoms with van der Waals surface area (Å²) in [5, 5.41) is 4.27. The van der Waals surface area contributed by atoms with E-state index in [1.54, 1.807) is 17.9 Å². The van der Waals surface area contributed by atoms with Gasteiger partial charge in [-0.3, -0.25) is 0 Å². The van der Waals surface area contributed by atoms with Gasteiger partial charge in [-0.05, 0) is 42.8 Å². The van der Waals surface area contributed by atoms with Gasteiger partial charge in [-0.1, -0.05) is 6.58 Å². The van der Waals surface area contributed by atoms with Crippen molar-refractivity contribution in [2.75, 3.05) is 14.2 Å². The molecule has 0 amide bonds. The normalized spacial score (nSPS) is 10.2. The van der Waals surface area contributed by atoms with Crippen LogP contribution >= 0.6 is 0 Å². The van der Waals surface area contributed by atoms with Gasteiger partial charge >= 0.3 is 5.97 Å². The van der Waals surface area contributed by atoms with Gasteiger partial charge in [0.15, 0.2) is 5.69 Å². The largest absolute Gasteiger partial charge is 0.497 e. The Morgan fingerprint density at radius 3 is 2.40 bits per heavy atom. The van der Waals surface area contributed by atoms with Gasteiger partial charge in [0.1, 0.15) is 5.75 Å². The Morgan fingerprint density at radius 2 is 1.90 bits per heavy atom. The van der Waals surface area contributed by atoms with Gasteiger partial charge in [-0.15, -0.1) is 0 Å². The molecule has 0 saturated heterocycles. The van der Waals surface area contributed by atoms with Crippen LogP contribution in [0.3, 0.4) is 0 Å². The lowest BCUT2D eigenvalue weighted by Gasteiger charge is -2.07. The van der Waals surface area contributed by atoms with E-state index in [0.29, 0.717) is 0 Å². The van der Waals surface area contributed by atoms with E-state index in [-0.39, 0.29) is 5.69 Å². The zero-order valence-corrected chi connectivity index (χ0v) is 11.7. The van der Waals surface area contributed by atoms with E-state index < -0.39 is 5.97 Å². The van der Waals surface area contributed by atoms with Gasteiger partial charge in [0, 0.05) is 0 Å². The van der Waals surface area contributed by atoms with Crippen LogP contribution in [-0.2, 0) is 4.74 Å². The smallest absolute Gasteiger partial charge is 0.358 e. The van der Waals surface area contributed by atoms with Crippen molar-refractivity contribution in [1.82, 2.24) is 9.78 Å². The van der Waals surface area contributed by atoms with Crippen LogP contribution in [0, 0.1) is 0 Å². The summed E-state index contributed by atoms with van der Waals surface area (Å²) in [5.74, 6) is 0.283. The molecule has 2 rings (SSSR count). The predicted octanol–water partition coefficient (Wildman–Crippen LogP) is 2.70. The summed E-state index contributed by atoms with van der Waals surface area (Å²) in [6, 6.07) is 9.05. The molecule has 0 fully saturated rings. The average Bonchev–Trinajstić information content (AvgIpc) is 2.92. The number of nitrogens with zero attached hydrogens (tertiary/aromatic N) is 2. The molecule has 0 saturated carbocycles. The maximum atomic E-state index is 11.6. The fourth-order valence-corrected chi connectivity index (χ4v) is 1.81. The SMILES string of the molecule is C=C(C)c1cc(C(=O)OC)nn1-c1ccc(OC)cc1. The van der Waals surface area contributed by atoms with Crippen LogP contribution in [0.15, 0.2) is 36.9 Å². The van der Waals surface area contributed by atoms with E-state index in [0.717, 1.165) is 22.7 Å². The zero-order valence-electron chi connectivity index (χ0n) is 11.7. The number of carbonyl (C=O) groups is 1. The standard InChI is InChI=1S/C15H16N2O3/c1-10(2)14-9-13(15(18)20-4)16-17(14)11-5-7-12(19-3)8-6-11/h5-9H,1H2,2-4H3. The average molecular weight is 272 g/mol. The number of esters is 1. The van der Waals surface area contributed by atoms with Crippen molar-refractivity contribution >= 4 is 11.5 Å². The van der Waals surface area contributed by atoms with E-state index in [9.17, 15) is 4.79 Å². The molecule has 0 unspecified atom stereocenters. The van der Waals surface area contributed by atoms with Crippen LogP contribution in [0.2, 0.25) is 0 Å². The second-order valence-electron chi connectivity index (χ2n) is 4.30. The Labute approximate surface area is 117 Å². The van der Waals surface area contributed by atoms with Crippen LogP contribution < -0.4 is 4.74 Å². The molecular weight excluding hydrogens is 256 g/mol. The second-order valence-corrected chi connectivity index (χ2v) is 4.30. The van der Waals surface area contributed by atoms with Crippen molar-refractivity contribution in [3.63, 3.8) is 0 Å². The number of methoxy groups -OCH3 is 2. The first-order chi connectivity index (χ1) is 9.56. The van der Waals surface area contributed by atoms with Crippen molar-refractivity contribution in [3.8, 4) is 11.4 Å². The third-order valence-electron chi connectivity index (χ3n) is 2.86. The maximum absolute atomic E-state index is 11.6. The third kappa shape index (κ3) is 2.56. The Hall–Kier alpha value is -2.56. The number of carbonyl (C=O) groups excluding carboxylic acids is 1. The molecule has 104 valence electrons. The molecule has 1 aromatic heterocycles. The summed E-state index contributed by atoms with van der Waals surface area (Å²) >= 11 is 0. The van der Waals surface area contributed by atoms with Gasteiger partial charge in [-0.2, -0.15) is 5.10 Å². The van der Waals surface area contributed by atoms with E-state index >= 15 is 0 Å². The number of rotatable bonds is 4. The first kappa shape index (κ1) is 13.9. The van der Waals surface area contributed by atoms with Gasteiger partial charge < -0.3 is 9.47 Å². The Kier molecular flexibility index (Phi) is 3.89. The topological polar surface area (TPSA) is 53.3 Å². The number of allylic oxidation sites excluding steroid dienone is 1. The molecule has 0 N–H and O–H groups in total. The monoisotopic (exact) mass is 272 g/mol. The summed E-state index contributed by atoms with van der Waals surface area (Å²) in [5.41, 5.74) is 2.64. The molecule has 5 heteroatoms. The van der Waals surface area contributed by atoms with E-state index in [2.05, 4.69) is 11.7 Å². The Balaban J connectivity index is 2.50. The molecule has 0 spiro atoms. The van der Waals surface area contributed by atoms with Crippen LogP contribution in [-0.4, -0.2) is 30.0 Å². The molecule has 20 heavy (non-hydrogen) atoms. The van der Waals surface area contributed by atoms with Crippen molar-refractivity contribution < 1.29 is 14.3 Å². The van der Waals surface area contributed by atoms with Crippen molar-refractivity contribution in [1.29, 1.82) is 0 Å². The highest BCUT2D eigenvalue weighted by molar-refractivity contribution is 5.88. The summed E-state index contributed by atoms with van der Waals surface area (Å²) < 4.78 is 11.5. The van der Waals surface area contributed by atoms with Crippen molar-refractivity contribution in [2.45, 2.75) is 6.92 Å². The molecule has 0 bridgehead atoms. The number of aromatic nitrogens is 2. The number of hydrogen-bond acceptors (Lipinski definition) is 4. The fraction of sp³-hybridized carbons (Fsp3) is 0.200. The quantitative estimate of drug-likeness (QED) is 0.803. The lowest BCUT2D eigenvalue weighted by molar-refractivity contribution is 0.0593. The number of benzene rings is 1. The first-order valence-electron chi connectivity index (χ1n) is 6.05. The maximum Gasteiger partial charge on any atom is 0.358 e. The highest BCUT2D eigenvalue weighted by Crippen LogP contribution is 2.21. The van der Waals surface area contributed by atoms with Crippen LogP contribution in [0.25, 0.3) is 11.3 Å². The molecule has 0 aliphatic heterocycles. The summed E-state index contributed by atoms with van der Waals surface area (Å²) in [6.45, 7) is 5.77. The lowest BCUT2D eigenvalue weighted by Crippen LogP contribution is -2.04. The Morgan fingerprint density at radius 1 is 1.25 bits per heavy atom. The lowest BCUT2D eigenvalue weighted by atomic mass is 10.2. The minimum atomic E-state index is -0.472. The third-order valence-corrected chi connectivity index (χ3v) is 2.86. The van der Waals surface area contributed by atoms with Crippen molar-refractivity contribution in [3.05, 3.63) is 48.3 Å². The molecule has 5 nitrogen and oxygen atoms in total. The highest BCUT2D eigenvalue weighted by atomic mass is 16.5. The molecule has 1 aromatic carbocycles. The molecule has 0 aliphatic carbocycles. The van der Waals surface area contributed by atoms with E-state index in [4.69, 9.17) is 9.47 Å². The predicted molar refractivity (Wildman–Crippen MR) is 76.2 cm³/mol. The minimum absolute atomic E-state index is 0.251. The molecule has 0 radical (unpaired) electrons. The summed E-state index contributed by atoms with van der Waals surface area (Å²) in [6.07, 6.45) is 0. The molecule has 1 heterocycles. The Bertz CT molecular complexity index is 642. The zero-order chi connectivity index (χ0) is 14.7. The number of hydrogen-bond donors (Lipinski definition) is 0. The van der Waals surface area contributed by atoms with E-state index in [1.165, 1.54) is 7.11 Å². The fourth-order valence-electron chi connectivity index (χ4n) is 1.81. The molecule has 0 aliphatic rings. The molecule has 0 atom stereocenters. The summed E-state index contributed by atoms with van der Waals surface area (Å²) in [4.78, 5) is 11.6. The molecule has 2 aromatic rings. The van der Waals surface area contributed by atoms with E-state index in [1.807, 2.05) is 31.2 Å². The van der Waals surface area contributed by atoms with Crippen LogP contribution in [0.5, 0.6) is 5.75 Å². The number of ether oxygens (including phenoxy) is 2. The van der Waals surface area contributed by atoms with Gasteiger partial charge in [0.25, 0.3) is 0 Å². The second kappa shape index (κ2) is 5.61. The summed E-state index contributed by atoms with van der Waals surface area (Å²) in [7, 11) is 2.94. The highest BCUT2D eigenvalue weighted by Gasteiger charge is 2.16. The minimum Gasteiger partial charge on any atom is -0.497 e. The molecular formula is C15H16N2O3. The first-order valence-corrected chi connectivity index (χ1v) is 6.05. The van der Waals surface area contributed by atoms with Crippen LogP contribution in [0.4, 0.5) is 0 Å². The van der Waals surface area contributed by atoms with Crippen LogP contribution in [0.1, 0.15) is 23.1 Å².